The molecule has 1 N–H and O–H groups in total. The van der Waals surface area contributed by atoms with E-state index in [-0.39, 0.29) is 5.91 Å². The SMILES string of the molecule is COc1ccc2ccccc2c1/C=N/NC(=O)CCn1nc(C)cc1C. The Bertz CT molecular complexity index is 960. The van der Waals surface area contributed by atoms with Crippen LogP contribution in [0.4, 0.5) is 0 Å². The number of nitrogens with zero attached hydrogens (tertiary/aromatic N) is 3. The normalized spacial score (nSPS) is 11.2. The second-order valence-electron chi connectivity index (χ2n) is 6.10. The lowest BCUT2D eigenvalue weighted by atomic mass is 10.0. The van der Waals surface area contributed by atoms with Crippen molar-refractivity contribution in [3.8, 4) is 5.75 Å². The molecule has 0 saturated heterocycles. The third-order valence-electron chi connectivity index (χ3n) is 4.19. The van der Waals surface area contributed by atoms with Crippen molar-refractivity contribution in [2.45, 2.75) is 26.8 Å². The number of hydrogen-bond acceptors (Lipinski definition) is 4. The highest BCUT2D eigenvalue weighted by Crippen LogP contribution is 2.26. The Morgan fingerprint density at radius 3 is 2.81 bits per heavy atom. The maximum Gasteiger partial charge on any atom is 0.241 e. The van der Waals surface area contributed by atoms with Crippen LogP contribution in [-0.2, 0) is 11.3 Å². The molecule has 0 atom stereocenters. The van der Waals surface area contributed by atoms with E-state index in [1.165, 1.54) is 0 Å². The Morgan fingerprint density at radius 2 is 2.08 bits per heavy atom. The minimum absolute atomic E-state index is 0.159. The molecular weight excluding hydrogens is 328 g/mol. The number of hydrazone groups is 1. The first kappa shape index (κ1) is 17.7. The van der Waals surface area contributed by atoms with Gasteiger partial charge < -0.3 is 4.74 Å². The molecule has 2 aromatic carbocycles. The molecule has 0 saturated carbocycles. The molecule has 0 spiro atoms. The molecule has 0 aliphatic carbocycles. The number of hydrogen-bond donors (Lipinski definition) is 1. The van der Waals surface area contributed by atoms with E-state index in [0.29, 0.717) is 18.7 Å². The standard InChI is InChI=1S/C20H22N4O2/c1-14-12-15(2)24(23-14)11-10-20(25)22-21-13-18-17-7-5-4-6-16(17)8-9-19(18)26-3/h4-9,12-13H,10-11H2,1-3H3,(H,22,25)/b21-13+. The largest absolute Gasteiger partial charge is 0.496 e. The van der Waals surface area contributed by atoms with Crippen molar-refractivity contribution in [3.63, 3.8) is 0 Å². The monoisotopic (exact) mass is 350 g/mol. The van der Waals surface area contributed by atoms with Crippen molar-refractivity contribution in [2.24, 2.45) is 5.10 Å². The van der Waals surface area contributed by atoms with E-state index in [1.54, 1.807) is 13.3 Å². The molecule has 0 aliphatic heterocycles. The summed E-state index contributed by atoms with van der Waals surface area (Å²) < 4.78 is 7.24. The average molecular weight is 350 g/mol. The van der Waals surface area contributed by atoms with Gasteiger partial charge in [-0.05, 0) is 36.8 Å². The molecule has 1 aromatic heterocycles. The average Bonchev–Trinajstić information content (AvgIpc) is 2.97. The van der Waals surface area contributed by atoms with E-state index in [4.69, 9.17) is 4.74 Å². The number of ether oxygens (including phenoxy) is 1. The molecule has 26 heavy (non-hydrogen) atoms. The smallest absolute Gasteiger partial charge is 0.241 e. The fourth-order valence-electron chi connectivity index (χ4n) is 2.92. The summed E-state index contributed by atoms with van der Waals surface area (Å²) >= 11 is 0. The first-order valence-corrected chi connectivity index (χ1v) is 8.47. The van der Waals surface area contributed by atoms with Crippen LogP contribution in [0.2, 0.25) is 0 Å². The first-order valence-electron chi connectivity index (χ1n) is 8.47. The second-order valence-corrected chi connectivity index (χ2v) is 6.10. The van der Waals surface area contributed by atoms with E-state index >= 15 is 0 Å². The molecule has 1 amide bonds. The van der Waals surface area contributed by atoms with Crippen molar-refractivity contribution < 1.29 is 9.53 Å². The third kappa shape index (κ3) is 3.91. The van der Waals surface area contributed by atoms with Crippen molar-refractivity contribution in [1.82, 2.24) is 15.2 Å². The number of fused-ring (bicyclic) bond motifs is 1. The third-order valence-corrected chi connectivity index (χ3v) is 4.19. The summed E-state index contributed by atoms with van der Waals surface area (Å²) in [6, 6.07) is 13.9. The van der Waals surface area contributed by atoms with E-state index in [1.807, 2.05) is 61.0 Å². The van der Waals surface area contributed by atoms with Gasteiger partial charge in [0.15, 0.2) is 0 Å². The van der Waals surface area contributed by atoms with E-state index in [0.717, 1.165) is 27.7 Å². The Hall–Kier alpha value is -3.15. The first-order chi connectivity index (χ1) is 12.6. The summed E-state index contributed by atoms with van der Waals surface area (Å²) in [5.41, 5.74) is 5.40. The summed E-state index contributed by atoms with van der Waals surface area (Å²) in [4.78, 5) is 12.0. The molecule has 0 fully saturated rings. The van der Waals surface area contributed by atoms with E-state index in [9.17, 15) is 4.79 Å². The van der Waals surface area contributed by atoms with Gasteiger partial charge in [0.2, 0.25) is 5.91 Å². The molecule has 3 rings (SSSR count). The van der Waals surface area contributed by atoms with Gasteiger partial charge in [-0.3, -0.25) is 9.48 Å². The zero-order valence-corrected chi connectivity index (χ0v) is 15.2. The second kappa shape index (κ2) is 7.82. The molecular formula is C20H22N4O2. The van der Waals surface area contributed by atoms with Gasteiger partial charge >= 0.3 is 0 Å². The maximum absolute atomic E-state index is 12.0. The fraction of sp³-hybridized carbons (Fsp3) is 0.250. The van der Waals surface area contributed by atoms with Crippen LogP contribution < -0.4 is 10.2 Å². The highest BCUT2D eigenvalue weighted by Gasteiger charge is 2.07. The molecule has 0 aliphatic rings. The molecule has 0 unspecified atom stereocenters. The lowest BCUT2D eigenvalue weighted by molar-refractivity contribution is -0.121. The fourth-order valence-corrected chi connectivity index (χ4v) is 2.92. The number of carbonyl (C=O) groups is 1. The van der Waals surface area contributed by atoms with Crippen LogP contribution in [0, 0.1) is 13.8 Å². The van der Waals surface area contributed by atoms with Crippen LogP contribution in [0.15, 0.2) is 47.6 Å². The van der Waals surface area contributed by atoms with E-state index in [2.05, 4.69) is 15.6 Å². The summed E-state index contributed by atoms with van der Waals surface area (Å²) in [5.74, 6) is 0.553. The van der Waals surface area contributed by atoms with Crippen LogP contribution in [-0.4, -0.2) is 29.0 Å². The minimum atomic E-state index is -0.159. The Balaban J connectivity index is 1.67. The van der Waals surface area contributed by atoms with Crippen LogP contribution in [0.3, 0.4) is 0 Å². The number of methoxy groups -OCH3 is 1. The number of carbonyl (C=O) groups excluding carboxylic acids is 1. The van der Waals surface area contributed by atoms with Gasteiger partial charge in [-0.1, -0.05) is 30.3 Å². The Morgan fingerprint density at radius 1 is 1.27 bits per heavy atom. The van der Waals surface area contributed by atoms with Crippen molar-refractivity contribution in [1.29, 1.82) is 0 Å². The van der Waals surface area contributed by atoms with Gasteiger partial charge in [0.25, 0.3) is 0 Å². The van der Waals surface area contributed by atoms with Gasteiger partial charge in [0.05, 0.1) is 25.6 Å². The van der Waals surface area contributed by atoms with E-state index < -0.39 is 0 Å². The molecule has 0 radical (unpaired) electrons. The van der Waals surface area contributed by atoms with Gasteiger partial charge in [0, 0.05) is 17.7 Å². The lowest BCUT2D eigenvalue weighted by Crippen LogP contribution is -2.20. The zero-order valence-electron chi connectivity index (χ0n) is 15.2. The predicted molar refractivity (Wildman–Crippen MR) is 103 cm³/mol. The molecule has 134 valence electrons. The quantitative estimate of drug-likeness (QED) is 0.548. The molecule has 6 nitrogen and oxygen atoms in total. The number of amides is 1. The highest BCUT2D eigenvalue weighted by atomic mass is 16.5. The van der Waals surface area contributed by atoms with Gasteiger partial charge in [0.1, 0.15) is 5.75 Å². The Labute approximate surface area is 152 Å². The summed E-state index contributed by atoms with van der Waals surface area (Å²) in [7, 11) is 1.62. The van der Waals surface area contributed by atoms with Crippen LogP contribution in [0.5, 0.6) is 5.75 Å². The molecule has 6 heteroatoms. The topological polar surface area (TPSA) is 68.5 Å². The summed E-state index contributed by atoms with van der Waals surface area (Å²) in [5, 5.41) is 10.6. The summed E-state index contributed by atoms with van der Waals surface area (Å²) in [6.07, 6.45) is 1.94. The van der Waals surface area contributed by atoms with Crippen molar-refractivity contribution >= 4 is 22.9 Å². The predicted octanol–water partition coefficient (Wildman–Crippen LogP) is 3.20. The maximum atomic E-state index is 12.0. The van der Waals surface area contributed by atoms with Gasteiger partial charge in [-0.2, -0.15) is 10.2 Å². The number of aryl methyl sites for hydroxylation is 3. The minimum Gasteiger partial charge on any atom is -0.496 e. The van der Waals surface area contributed by atoms with Crippen molar-refractivity contribution in [3.05, 3.63) is 59.4 Å². The van der Waals surface area contributed by atoms with Crippen LogP contribution in [0.25, 0.3) is 10.8 Å². The molecule has 1 heterocycles. The van der Waals surface area contributed by atoms with Gasteiger partial charge in [-0.15, -0.1) is 0 Å². The van der Waals surface area contributed by atoms with Gasteiger partial charge in [-0.25, -0.2) is 5.43 Å². The lowest BCUT2D eigenvalue weighted by Gasteiger charge is -2.08. The van der Waals surface area contributed by atoms with Crippen LogP contribution in [0.1, 0.15) is 23.4 Å². The molecule has 3 aromatic rings. The number of nitrogens with one attached hydrogen (secondary N) is 1. The highest BCUT2D eigenvalue weighted by molar-refractivity contribution is 6.02. The van der Waals surface area contributed by atoms with Crippen LogP contribution >= 0.6 is 0 Å². The molecule has 0 bridgehead atoms. The zero-order chi connectivity index (χ0) is 18.5. The number of aromatic nitrogens is 2. The summed E-state index contributed by atoms with van der Waals surface area (Å²) in [6.45, 7) is 4.44. The Kier molecular flexibility index (Phi) is 5.31. The number of rotatable bonds is 6. The number of benzene rings is 2. The van der Waals surface area contributed by atoms with Crippen molar-refractivity contribution in [2.75, 3.05) is 7.11 Å².